The summed E-state index contributed by atoms with van der Waals surface area (Å²) in [5.74, 6) is 0.0367. The summed E-state index contributed by atoms with van der Waals surface area (Å²) in [6.45, 7) is 3.65. The summed E-state index contributed by atoms with van der Waals surface area (Å²) in [7, 11) is 0. The topological polar surface area (TPSA) is 42.9 Å². The van der Waals surface area contributed by atoms with Crippen LogP contribution in [0.25, 0.3) is 11.3 Å². The van der Waals surface area contributed by atoms with Crippen molar-refractivity contribution in [2.24, 2.45) is 0 Å². The van der Waals surface area contributed by atoms with Gasteiger partial charge in [0.05, 0.1) is 17.6 Å². The molecule has 86 valence electrons. The number of carbonyl (C=O) groups excluding carboxylic acids is 1. The number of nitrogens with zero attached hydrogens (tertiary/aromatic N) is 2. The first-order valence-corrected chi connectivity index (χ1v) is 5.64. The van der Waals surface area contributed by atoms with Crippen molar-refractivity contribution in [1.82, 2.24) is 9.97 Å². The van der Waals surface area contributed by atoms with Crippen molar-refractivity contribution in [2.75, 3.05) is 0 Å². The Morgan fingerprint density at radius 2 is 1.94 bits per heavy atom. The summed E-state index contributed by atoms with van der Waals surface area (Å²) in [6, 6.07) is 9.82. The number of ketones is 1. The fourth-order valence-electron chi connectivity index (χ4n) is 1.67. The molecule has 0 amide bonds. The third kappa shape index (κ3) is 2.38. The van der Waals surface area contributed by atoms with E-state index in [-0.39, 0.29) is 5.78 Å². The predicted molar refractivity (Wildman–Crippen MR) is 66.8 cm³/mol. The standard InChI is InChI=1S/C14H14N2O/c1-3-13(17)14-10(2)16-12(9-15-14)11-7-5-4-6-8-11/h4-9H,3H2,1-2H3. The van der Waals surface area contributed by atoms with Crippen LogP contribution in [0.2, 0.25) is 0 Å². The van der Waals surface area contributed by atoms with Crippen molar-refractivity contribution in [3.8, 4) is 11.3 Å². The molecule has 0 N–H and O–H groups in total. The zero-order valence-corrected chi connectivity index (χ0v) is 9.97. The molecular weight excluding hydrogens is 212 g/mol. The van der Waals surface area contributed by atoms with Crippen molar-refractivity contribution >= 4 is 5.78 Å². The van der Waals surface area contributed by atoms with Crippen LogP contribution in [-0.4, -0.2) is 15.8 Å². The van der Waals surface area contributed by atoms with Gasteiger partial charge in [0.25, 0.3) is 0 Å². The van der Waals surface area contributed by atoms with E-state index in [1.807, 2.05) is 44.2 Å². The van der Waals surface area contributed by atoms with Gasteiger partial charge < -0.3 is 0 Å². The molecule has 0 unspecified atom stereocenters. The molecule has 2 aromatic rings. The molecule has 3 heteroatoms. The van der Waals surface area contributed by atoms with Crippen LogP contribution in [0.15, 0.2) is 36.5 Å². The van der Waals surface area contributed by atoms with Crippen LogP contribution in [-0.2, 0) is 0 Å². The molecule has 1 heterocycles. The van der Waals surface area contributed by atoms with Crippen molar-refractivity contribution in [3.63, 3.8) is 0 Å². The monoisotopic (exact) mass is 226 g/mol. The summed E-state index contributed by atoms with van der Waals surface area (Å²) in [5.41, 5.74) is 2.99. The number of aromatic nitrogens is 2. The fourth-order valence-corrected chi connectivity index (χ4v) is 1.67. The van der Waals surface area contributed by atoms with Crippen molar-refractivity contribution in [3.05, 3.63) is 47.9 Å². The summed E-state index contributed by atoms with van der Waals surface area (Å²) in [4.78, 5) is 20.2. The molecule has 0 aliphatic heterocycles. The van der Waals surface area contributed by atoms with Gasteiger partial charge in [-0.1, -0.05) is 37.3 Å². The smallest absolute Gasteiger partial charge is 0.182 e. The first kappa shape index (κ1) is 11.5. The van der Waals surface area contributed by atoms with E-state index in [0.717, 1.165) is 11.3 Å². The molecule has 0 aliphatic rings. The molecule has 0 spiro atoms. The molecular formula is C14H14N2O. The van der Waals surface area contributed by atoms with E-state index in [2.05, 4.69) is 9.97 Å². The minimum absolute atomic E-state index is 0.0367. The average molecular weight is 226 g/mol. The largest absolute Gasteiger partial charge is 0.292 e. The molecule has 3 nitrogen and oxygen atoms in total. The SMILES string of the molecule is CCC(=O)c1ncc(-c2ccccc2)nc1C. The Labute approximate surface area is 101 Å². The molecule has 2 rings (SSSR count). The van der Waals surface area contributed by atoms with Crippen LogP contribution in [0.3, 0.4) is 0 Å². The number of Topliss-reactive ketones (excluding diaryl/α,β-unsaturated/α-hetero) is 1. The zero-order chi connectivity index (χ0) is 12.3. The summed E-state index contributed by atoms with van der Waals surface area (Å²) in [5, 5.41) is 0. The highest BCUT2D eigenvalue weighted by atomic mass is 16.1. The van der Waals surface area contributed by atoms with Gasteiger partial charge in [0, 0.05) is 12.0 Å². The first-order chi connectivity index (χ1) is 8.22. The Hall–Kier alpha value is -2.03. The normalized spacial score (nSPS) is 10.2. The highest BCUT2D eigenvalue weighted by molar-refractivity contribution is 5.95. The lowest BCUT2D eigenvalue weighted by atomic mass is 10.1. The molecule has 0 radical (unpaired) electrons. The number of rotatable bonds is 3. The fraction of sp³-hybridized carbons (Fsp3) is 0.214. The molecule has 17 heavy (non-hydrogen) atoms. The Balaban J connectivity index is 2.41. The van der Waals surface area contributed by atoms with E-state index in [1.165, 1.54) is 0 Å². The lowest BCUT2D eigenvalue weighted by Gasteiger charge is -2.05. The van der Waals surface area contributed by atoms with Crippen molar-refractivity contribution < 1.29 is 4.79 Å². The van der Waals surface area contributed by atoms with Gasteiger partial charge in [0.15, 0.2) is 5.78 Å². The van der Waals surface area contributed by atoms with Gasteiger partial charge in [-0.05, 0) is 6.92 Å². The van der Waals surface area contributed by atoms with E-state index < -0.39 is 0 Å². The van der Waals surface area contributed by atoms with Crippen LogP contribution in [0.5, 0.6) is 0 Å². The van der Waals surface area contributed by atoms with Crippen LogP contribution >= 0.6 is 0 Å². The van der Waals surface area contributed by atoms with E-state index in [9.17, 15) is 4.79 Å². The van der Waals surface area contributed by atoms with E-state index in [1.54, 1.807) is 6.20 Å². The molecule has 0 bridgehead atoms. The molecule has 1 aromatic heterocycles. The molecule has 0 atom stereocenters. The minimum atomic E-state index is 0.0367. The van der Waals surface area contributed by atoms with Gasteiger partial charge in [0.1, 0.15) is 5.69 Å². The maximum Gasteiger partial charge on any atom is 0.182 e. The van der Waals surface area contributed by atoms with Crippen LogP contribution < -0.4 is 0 Å². The number of benzene rings is 1. The van der Waals surface area contributed by atoms with Crippen LogP contribution in [0.4, 0.5) is 0 Å². The van der Waals surface area contributed by atoms with Gasteiger partial charge in [-0.15, -0.1) is 0 Å². The molecule has 0 saturated carbocycles. The van der Waals surface area contributed by atoms with Crippen LogP contribution in [0, 0.1) is 6.92 Å². The highest BCUT2D eigenvalue weighted by Crippen LogP contribution is 2.17. The summed E-state index contributed by atoms with van der Waals surface area (Å²) < 4.78 is 0. The second-order valence-electron chi connectivity index (χ2n) is 3.83. The first-order valence-electron chi connectivity index (χ1n) is 5.64. The number of carbonyl (C=O) groups is 1. The Kier molecular flexibility index (Phi) is 3.28. The third-order valence-electron chi connectivity index (χ3n) is 2.60. The van der Waals surface area contributed by atoms with Crippen LogP contribution in [0.1, 0.15) is 29.5 Å². The second-order valence-corrected chi connectivity index (χ2v) is 3.83. The maximum absolute atomic E-state index is 11.6. The zero-order valence-electron chi connectivity index (χ0n) is 9.97. The van der Waals surface area contributed by atoms with E-state index in [4.69, 9.17) is 0 Å². The van der Waals surface area contributed by atoms with Gasteiger partial charge in [-0.2, -0.15) is 0 Å². The van der Waals surface area contributed by atoms with Gasteiger partial charge in [-0.25, -0.2) is 9.97 Å². The Morgan fingerprint density at radius 3 is 2.53 bits per heavy atom. The summed E-state index contributed by atoms with van der Waals surface area (Å²) >= 11 is 0. The number of hydrogen-bond acceptors (Lipinski definition) is 3. The van der Waals surface area contributed by atoms with Gasteiger partial charge >= 0.3 is 0 Å². The maximum atomic E-state index is 11.6. The summed E-state index contributed by atoms with van der Waals surface area (Å²) in [6.07, 6.45) is 2.12. The van der Waals surface area contributed by atoms with E-state index in [0.29, 0.717) is 17.8 Å². The van der Waals surface area contributed by atoms with E-state index >= 15 is 0 Å². The van der Waals surface area contributed by atoms with Crippen molar-refractivity contribution in [2.45, 2.75) is 20.3 Å². The van der Waals surface area contributed by atoms with Gasteiger partial charge in [-0.3, -0.25) is 4.79 Å². The average Bonchev–Trinajstić information content (AvgIpc) is 2.39. The molecule has 0 saturated heterocycles. The lowest BCUT2D eigenvalue weighted by Crippen LogP contribution is -2.05. The second kappa shape index (κ2) is 4.87. The van der Waals surface area contributed by atoms with Crippen molar-refractivity contribution in [1.29, 1.82) is 0 Å². The number of hydrogen-bond donors (Lipinski definition) is 0. The molecule has 1 aromatic carbocycles. The quantitative estimate of drug-likeness (QED) is 0.755. The molecule has 0 aliphatic carbocycles. The lowest BCUT2D eigenvalue weighted by molar-refractivity contribution is 0.0982. The van der Waals surface area contributed by atoms with Gasteiger partial charge in [0.2, 0.25) is 0 Å². The molecule has 0 fully saturated rings. The highest BCUT2D eigenvalue weighted by Gasteiger charge is 2.10. The third-order valence-corrected chi connectivity index (χ3v) is 2.60. The minimum Gasteiger partial charge on any atom is -0.292 e. The Bertz CT molecular complexity index is 535. The Morgan fingerprint density at radius 1 is 1.24 bits per heavy atom. The predicted octanol–water partition coefficient (Wildman–Crippen LogP) is 3.04. The number of aryl methyl sites for hydroxylation is 1.